The second-order valence-electron chi connectivity index (χ2n) is 7.01. The number of benzene rings is 1. The van der Waals surface area contributed by atoms with E-state index in [9.17, 15) is 18.0 Å². The van der Waals surface area contributed by atoms with Crippen LogP contribution in [0.3, 0.4) is 0 Å². The van der Waals surface area contributed by atoms with Crippen molar-refractivity contribution in [2.75, 3.05) is 24.6 Å². The van der Waals surface area contributed by atoms with E-state index >= 15 is 0 Å². The van der Waals surface area contributed by atoms with Gasteiger partial charge >= 0.3 is 6.18 Å². The van der Waals surface area contributed by atoms with Gasteiger partial charge in [0.05, 0.1) is 12.2 Å². The Morgan fingerprint density at radius 1 is 1.24 bits per heavy atom. The van der Waals surface area contributed by atoms with E-state index in [1.165, 1.54) is 6.07 Å². The molecule has 1 amide bonds. The maximum atomic E-state index is 12.7. The summed E-state index contributed by atoms with van der Waals surface area (Å²) >= 11 is 0. The molecule has 1 aliphatic rings. The van der Waals surface area contributed by atoms with Gasteiger partial charge in [0.25, 0.3) is 5.91 Å². The van der Waals surface area contributed by atoms with Gasteiger partial charge in [0, 0.05) is 30.9 Å². The molecule has 0 aliphatic carbocycles. The highest BCUT2D eigenvalue weighted by molar-refractivity contribution is 5.94. The number of hydrogen-bond donors (Lipinski definition) is 1. The first-order chi connectivity index (χ1) is 13.9. The van der Waals surface area contributed by atoms with Crippen molar-refractivity contribution in [2.24, 2.45) is 0 Å². The van der Waals surface area contributed by atoms with Gasteiger partial charge in [0.2, 0.25) is 0 Å². The van der Waals surface area contributed by atoms with Gasteiger partial charge < -0.3 is 15.0 Å². The van der Waals surface area contributed by atoms with Crippen molar-refractivity contribution in [1.82, 2.24) is 10.3 Å². The van der Waals surface area contributed by atoms with Crippen molar-refractivity contribution in [1.29, 1.82) is 0 Å². The number of ether oxygens (including phenoxy) is 1. The Morgan fingerprint density at radius 3 is 2.62 bits per heavy atom. The van der Waals surface area contributed by atoms with E-state index in [4.69, 9.17) is 4.74 Å². The zero-order valence-corrected chi connectivity index (χ0v) is 16.2. The number of hydrogen-bond acceptors (Lipinski definition) is 4. The average Bonchev–Trinajstić information content (AvgIpc) is 2.72. The summed E-state index contributed by atoms with van der Waals surface area (Å²) in [6.45, 7) is 3.84. The lowest BCUT2D eigenvalue weighted by molar-refractivity contribution is -0.137. The van der Waals surface area contributed by atoms with Crippen LogP contribution in [-0.2, 0) is 6.18 Å². The molecule has 0 radical (unpaired) electrons. The third-order valence-corrected chi connectivity index (χ3v) is 4.80. The van der Waals surface area contributed by atoms with Gasteiger partial charge in [-0.05, 0) is 49.6 Å². The number of pyridine rings is 1. The second kappa shape index (κ2) is 9.15. The van der Waals surface area contributed by atoms with Crippen molar-refractivity contribution < 1.29 is 22.7 Å². The summed E-state index contributed by atoms with van der Waals surface area (Å²) in [5, 5.41) is 3.03. The van der Waals surface area contributed by atoms with Crippen LogP contribution < -0.4 is 15.0 Å². The number of carbonyl (C=O) groups is 1. The number of alkyl halides is 3. The molecule has 0 atom stereocenters. The maximum Gasteiger partial charge on any atom is 0.417 e. The number of amides is 1. The first kappa shape index (κ1) is 21.0. The molecule has 2 heterocycles. The lowest BCUT2D eigenvalue weighted by Gasteiger charge is -2.33. The molecule has 0 unspecified atom stereocenters. The lowest BCUT2D eigenvalue weighted by Crippen LogP contribution is -2.45. The van der Waals surface area contributed by atoms with Crippen molar-refractivity contribution in [3.05, 3.63) is 53.7 Å². The molecule has 1 N–H and O–H groups in total. The quantitative estimate of drug-likeness (QED) is 0.776. The summed E-state index contributed by atoms with van der Waals surface area (Å²) in [5.74, 6) is 1.03. The number of halogens is 3. The molecule has 0 spiro atoms. The van der Waals surface area contributed by atoms with E-state index in [1.807, 2.05) is 17.9 Å². The van der Waals surface area contributed by atoms with E-state index in [0.717, 1.165) is 18.7 Å². The Hall–Kier alpha value is -2.77. The van der Waals surface area contributed by atoms with Gasteiger partial charge in [-0.1, -0.05) is 13.0 Å². The van der Waals surface area contributed by atoms with Crippen LogP contribution in [0.15, 0.2) is 42.6 Å². The van der Waals surface area contributed by atoms with Crippen molar-refractivity contribution in [3.63, 3.8) is 0 Å². The Morgan fingerprint density at radius 2 is 2.00 bits per heavy atom. The Labute approximate surface area is 167 Å². The van der Waals surface area contributed by atoms with Crippen LogP contribution in [0, 0.1) is 0 Å². The topological polar surface area (TPSA) is 54.5 Å². The van der Waals surface area contributed by atoms with Crippen LogP contribution in [-0.4, -0.2) is 36.6 Å². The maximum absolute atomic E-state index is 12.7. The predicted molar refractivity (Wildman–Crippen MR) is 104 cm³/mol. The minimum Gasteiger partial charge on any atom is -0.494 e. The monoisotopic (exact) mass is 407 g/mol. The molecule has 0 saturated carbocycles. The summed E-state index contributed by atoms with van der Waals surface area (Å²) in [4.78, 5) is 18.4. The Balaban J connectivity index is 1.52. The van der Waals surface area contributed by atoms with Gasteiger partial charge in [-0.2, -0.15) is 13.2 Å². The van der Waals surface area contributed by atoms with Crippen molar-refractivity contribution >= 4 is 11.7 Å². The zero-order chi connectivity index (χ0) is 20.9. The van der Waals surface area contributed by atoms with Crippen LogP contribution in [0.25, 0.3) is 0 Å². The molecule has 1 aromatic carbocycles. The highest BCUT2D eigenvalue weighted by atomic mass is 19.4. The minimum atomic E-state index is -4.39. The molecule has 8 heteroatoms. The van der Waals surface area contributed by atoms with Gasteiger partial charge in [-0.15, -0.1) is 0 Å². The van der Waals surface area contributed by atoms with Crippen molar-refractivity contribution in [2.45, 2.75) is 38.4 Å². The highest BCUT2D eigenvalue weighted by Gasteiger charge is 2.31. The Kier molecular flexibility index (Phi) is 6.61. The summed E-state index contributed by atoms with van der Waals surface area (Å²) in [6.07, 6.45) is -1.25. The SMILES string of the molecule is CCCOc1cccc(C(=O)NC2CCN(c3ccc(C(F)(F)F)cn3)CC2)c1. The van der Waals surface area contributed by atoms with E-state index < -0.39 is 11.7 Å². The third kappa shape index (κ3) is 5.62. The number of nitrogens with one attached hydrogen (secondary N) is 1. The summed E-state index contributed by atoms with van der Waals surface area (Å²) in [5.41, 5.74) is -0.209. The van der Waals surface area contributed by atoms with Crippen LogP contribution in [0.5, 0.6) is 5.75 Å². The molecule has 1 fully saturated rings. The summed E-state index contributed by atoms with van der Waals surface area (Å²) < 4.78 is 43.5. The zero-order valence-electron chi connectivity index (χ0n) is 16.2. The largest absolute Gasteiger partial charge is 0.494 e. The molecule has 1 aromatic heterocycles. The Bertz CT molecular complexity index is 817. The molecule has 2 aromatic rings. The average molecular weight is 407 g/mol. The summed E-state index contributed by atoms with van der Waals surface area (Å²) in [7, 11) is 0. The normalized spacial score (nSPS) is 15.2. The number of rotatable bonds is 6. The first-order valence-electron chi connectivity index (χ1n) is 9.68. The number of anilines is 1. The second-order valence-corrected chi connectivity index (χ2v) is 7.01. The van der Waals surface area contributed by atoms with Gasteiger partial charge in [-0.3, -0.25) is 4.79 Å². The molecule has 156 valence electrons. The fraction of sp³-hybridized carbons (Fsp3) is 0.429. The molecular formula is C21H24F3N3O2. The molecule has 1 aliphatic heterocycles. The predicted octanol–water partition coefficient (Wildman–Crippen LogP) is 4.29. The molecular weight excluding hydrogens is 383 g/mol. The van der Waals surface area contributed by atoms with Crippen LogP contribution in [0.1, 0.15) is 42.1 Å². The highest BCUT2D eigenvalue weighted by Crippen LogP contribution is 2.29. The van der Waals surface area contributed by atoms with Gasteiger partial charge in [-0.25, -0.2) is 4.98 Å². The van der Waals surface area contributed by atoms with E-state index in [1.54, 1.807) is 18.2 Å². The molecule has 29 heavy (non-hydrogen) atoms. The standard InChI is InChI=1S/C21H24F3N3O2/c1-2-12-29-18-5-3-4-15(13-18)20(28)26-17-8-10-27(11-9-17)19-7-6-16(14-25-19)21(22,23)24/h3-7,13-14,17H,2,8-12H2,1H3,(H,26,28). The van der Waals surface area contributed by atoms with Gasteiger partial charge in [0.15, 0.2) is 0 Å². The van der Waals surface area contributed by atoms with E-state index in [-0.39, 0.29) is 11.9 Å². The summed E-state index contributed by atoms with van der Waals surface area (Å²) in [6, 6.07) is 9.53. The lowest BCUT2D eigenvalue weighted by atomic mass is 10.0. The molecule has 1 saturated heterocycles. The fourth-order valence-electron chi connectivity index (χ4n) is 3.21. The van der Waals surface area contributed by atoms with Crippen molar-refractivity contribution in [3.8, 4) is 5.75 Å². The van der Waals surface area contributed by atoms with Crippen LogP contribution >= 0.6 is 0 Å². The molecule has 3 rings (SSSR count). The third-order valence-electron chi connectivity index (χ3n) is 4.80. The van der Waals surface area contributed by atoms with E-state index in [0.29, 0.717) is 49.7 Å². The smallest absolute Gasteiger partial charge is 0.417 e. The number of carbonyl (C=O) groups excluding carboxylic acids is 1. The molecule has 0 bridgehead atoms. The van der Waals surface area contributed by atoms with E-state index in [2.05, 4.69) is 10.3 Å². The number of nitrogens with zero attached hydrogens (tertiary/aromatic N) is 2. The fourth-order valence-corrected chi connectivity index (χ4v) is 3.21. The number of aromatic nitrogens is 1. The van der Waals surface area contributed by atoms with Gasteiger partial charge in [0.1, 0.15) is 11.6 Å². The first-order valence-corrected chi connectivity index (χ1v) is 9.68. The van der Waals surface area contributed by atoms with Crippen LogP contribution in [0.2, 0.25) is 0 Å². The minimum absolute atomic E-state index is 0.00779. The molecule has 5 nitrogen and oxygen atoms in total. The number of piperidine rings is 1. The van der Waals surface area contributed by atoms with Crippen LogP contribution in [0.4, 0.5) is 19.0 Å².